The number of nitrogens with one attached hydrogen (secondary N) is 1. The number of aromatic nitrogens is 1. The van der Waals surface area contributed by atoms with E-state index >= 15 is 0 Å². The van der Waals surface area contributed by atoms with E-state index in [1.54, 1.807) is 38.1 Å². The van der Waals surface area contributed by atoms with Crippen LogP contribution in [0.15, 0.2) is 24.3 Å². The Labute approximate surface area is 139 Å². The Kier molecular flexibility index (Phi) is 5.45. The predicted molar refractivity (Wildman–Crippen MR) is 87.5 cm³/mol. The van der Waals surface area contributed by atoms with Gasteiger partial charge in [-0.2, -0.15) is 0 Å². The molecule has 1 aromatic heterocycles. The third kappa shape index (κ3) is 4.13. The number of benzene rings is 1. The summed E-state index contributed by atoms with van der Waals surface area (Å²) >= 11 is 5.78. The van der Waals surface area contributed by atoms with Crippen LogP contribution < -0.4 is 4.74 Å². The van der Waals surface area contributed by atoms with Gasteiger partial charge in [0.15, 0.2) is 5.78 Å². The monoisotopic (exact) mass is 335 g/mol. The highest BCUT2D eigenvalue weighted by Crippen LogP contribution is 2.19. The van der Waals surface area contributed by atoms with Crippen LogP contribution >= 0.6 is 11.6 Å². The molecule has 1 N–H and O–H groups in total. The highest BCUT2D eigenvalue weighted by atomic mass is 35.5. The molecule has 0 fully saturated rings. The Bertz CT molecular complexity index is 719. The second-order valence-corrected chi connectivity index (χ2v) is 5.56. The highest BCUT2D eigenvalue weighted by molar-refractivity contribution is 6.30. The Hall–Kier alpha value is -2.27. The van der Waals surface area contributed by atoms with Crippen LogP contribution in [0, 0.1) is 13.8 Å². The van der Waals surface area contributed by atoms with Crippen molar-refractivity contribution in [1.29, 1.82) is 0 Å². The van der Waals surface area contributed by atoms with Crippen molar-refractivity contribution >= 4 is 23.4 Å². The molecule has 5 nitrogen and oxygen atoms in total. The van der Waals surface area contributed by atoms with Crippen molar-refractivity contribution in [2.75, 3.05) is 13.2 Å². The molecule has 0 atom stereocenters. The summed E-state index contributed by atoms with van der Waals surface area (Å²) in [5.41, 5.74) is 2.12. The molecular weight excluding hydrogens is 318 g/mol. The minimum Gasteiger partial charge on any atom is -0.490 e. The fraction of sp³-hybridized carbons (Fsp3) is 0.294. The lowest BCUT2D eigenvalue weighted by Crippen LogP contribution is -2.13. The number of Topliss-reactive ketones (excluding diaryl/α,β-unsaturated/α-hetero) is 1. The molecule has 0 saturated heterocycles. The summed E-state index contributed by atoms with van der Waals surface area (Å²) in [5.74, 6) is 0.0652. The summed E-state index contributed by atoms with van der Waals surface area (Å²) in [5, 5.41) is 0.627. The SMILES string of the molecule is CC(=O)c1c(C)[nH]c(C(=O)OCCOc2ccc(Cl)cc2)c1C. The van der Waals surface area contributed by atoms with Gasteiger partial charge < -0.3 is 14.5 Å². The molecule has 0 saturated carbocycles. The number of hydrogen-bond acceptors (Lipinski definition) is 4. The number of aryl methyl sites for hydroxylation is 1. The molecule has 23 heavy (non-hydrogen) atoms. The van der Waals surface area contributed by atoms with Crippen molar-refractivity contribution in [2.45, 2.75) is 20.8 Å². The van der Waals surface area contributed by atoms with Crippen LogP contribution in [0.25, 0.3) is 0 Å². The summed E-state index contributed by atoms with van der Waals surface area (Å²) in [6, 6.07) is 6.91. The van der Waals surface area contributed by atoms with E-state index < -0.39 is 5.97 Å². The van der Waals surface area contributed by atoms with Gasteiger partial charge in [-0.1, -0.05) is 11.6 Å². The van der Waals surface area contributed by atoms with Crippen LogP contribution in [-0.4, -0.2) is 30.0 Å². The summed E-state index contributed by atoms with van der Waals surface area (Å²) in [7, 11) is 0. The van der Waals surface area contributed by atoms with Crippen LogP contribution in [0.1, 0.15) is 39.0 Å². The van der Waals surface area contributed by atoms with Gasteiger partial charge in [-0.25, -0.2) is 4.79 Å². The van der Waals surface area contributed by atoms with Crippen molar-refractivity contribution in [3.05, 3.63) is 51.8 Å². The molecule has 1 aromatic carbocycles. The average molecular weight is 336 g/mol. The van der Waals surface area contributed by atoms with Gasteiger partial charge in [0.2, 0.25) is 0 Å². The van der Waals surface area contributed by atoms with E-state index in [1.165, 1.54) is 6.92 Å². The Morgan fingerprint density at radius 3 is 2.35 bits per heavy atom. The van der Waals surface area contributed by atoms with Gasteiger partial charge in [-0.15, -0.1) is 0 Å². The molecule has 122 valence electrons. The number of halogens is 1. The number of hydrogen-bond donors (Lipinski definition) is 1. The zero-order valence-corrected chi connectivity index (χ0v) is 14.0. The van der Waals surface area contributed by atoms with Crippen LogP contribution in [-0.2, 0) is 4.74 Å². The molecule has 0 radical (unpaired) electrons. The molecule has 1 heterocycles. The van der Waals surface area contributed by atoms with Crippen LogP contribution in [0.5, 0.6) is 5.75 Å². The Balaban J connectivity index is 1.89. The van der Waals surface area contributed by atoms with E-state index in [0.717, 1.165) is 0 Å². The standard InChI is InChI=1S/C17H18ClNO4/c1-10-15(12(3)20)11(2)19-16(10)17(21)23-9-8-22-14-6-4-13(18)5-7-14/h4-7,19H,8-9H2,1-3H3. The van der Waals surface area contributed by atoms with E-state index in [0.29, 0.717) is 33.3 Å². The van der Waals surface area contributed by atoms with E-state index in [9.17, 15) is 9.59 Å². The van der Waals surface area contributed by atoms with Crippen molar-refractivity contribution in [1.82, 2.24) is 4.98 Å². The number of carbonyl (C=O) groups excluding carboxylic acids is 2. The molecule has 0 aliphatic rings. The maximum atomic E-state index is 12.1. The summed E-state index contributed by atoms with van der Waals surface area (Å²) in [6.45, 7) is 5.28. The zero-order chi connectivity index (χ0) is 17.0. The average Bonchev–Trinajstić information content (AvgIpc) is 2.80. The topological polar surface area (TPSA) is 68.4 Å². The number of carbonyl (C=O) groups is 2. The number of aromatic amines is 1. The number of rotatable bonds is 6. The third-order valence-corrected chi connectivity index (χ3v) is 3.64. The van der Waals surface area contributed by atoms with E-state index in [1.807, 2.05) is 0 Å². The van der Waals surface area contributed by atoms with Crippen LogP contribution in [0.2, 0.25) is 5.02 Å². The van der Waals surface area contributed by atoms with Gasteiger partial charge in [0.1, 0.15) is 24.7 Å². The third-order valence-electron chi connectivity index (χ3n) is 3.39. The molecule has 0 aliphatic carbocycles. The van der Waals surface area contributed by atoms with Crippen molar-refractivity contribution < 1.29 is 19.1 Å². The smallest absolute Gasteiger partial charge is 0.355 e. The first-order valence-corrected chi connectivity index (χ1v) is 7.53. The molecule has 2 rings (SSSR count). The quantitative estimate of drug-likeness (QED) is 0.496. The van der Waals surface area contributed by atoms with Gasteiger partial charge >= 0.3 is 5.97 Å². The molecule has 0 unspecified atom stereocenters. The second kappa shape index (κ2) is 7.33. The summed E-state index contributed by atoms with van der Waals surface area (Å²) in [4.78, 5) is 26.5. The number of H-pyrrole nitrogens is 1. The number of esters is 1. The fourth-order valence-electron chi connectivity index (χ4n) is 2.38. The molecule has 0 amide bonds. The number of ether oxygens (including phenoxy) is 2. The molecule has 0 aliphatic heterocycles. The number of ketones is 1. The normalized spacial score (nSPS) is 10.4. The van der Waals surface area contributed by atoms with Crippen molar-refractivity contribution in [3.63, 3.8) is 0 Å². The van der Waals surface area contributed by atoms with Crippen molar-refractivity contribution in [3.8, 4) is 5.75 Å². The highest BCUT2D eigenvalue weighted by Gasteiger charge is 2.20. The summed E-state index contributed by atoms with van der Waals surface area (Å²) in [6.07, 6.45) is 0. The molecular formula is C17H18ClNO4. The fourth-order valence-corrected chi connectivity index (χ4v) is 2.51. The van der Waals surface area contributed by atoms with E-state index in [2.05, 4.69) is 4.98 Å². The van der Waals surface area contributed by atoms with Gasteiger partial charge in [0.25, 0.3) is 0 Å². The molecule has 6 heteroatoms. The maximum absolute atomic E-state index is 12.1. The minimum absolute atomic E-state index is 0.0821. The first kappa shape index (κ1) is 17.1. The Morgan fingerprint density at radius 2 is 1.78 bits per heavy atom. The minimum atomic E-state index is -0.502. The molecule has 2 aromatic rings. The van der Waals surface area contributed by atoms with Crippen LogP contribution in [0.4, 0.5) is 0 Å². The lowest BCUT2D eigenvalue weighted by atomic mass is 10.1. The predicted octanol–water partition coefficient (Wildman–Crippen LogP) is 3.72. The van der Waals surface area contributed by atoms with Gasteiger partial charge in [-0.05, 0) is 50.6 Å². The summed E-state index contributed by atoms with van der Waals surface area (Å²) < 4.78 is 10.6. The first-order chi connectivity index (χ1) is 10.9. The zero-order valence-electron chi connectivity index (χ0n) is 13.2. The van der Waals surface area contributed by atoms with Crippen LogP contribution in [0.3, 0.4) is 0 Å². The lowest BCUT2D eigenvalue weighted by Gasteiger charge is -2.07. The second-order valence-electron chi connectivity index (χ2n) is 5.12. The lowest BCUT2D eigenvalue weighted by molar-refractivity contribution is 0.0443. The largest absolute Gasteiger partial charge is 0.490 e. The van der Waals surface area contributed by atoms with Gasteiger partial charge in [0.05, 0.1) is 0 Å². The van der Waals surface area contributed by atoms with E-state index in [4.69, 9.17) is 21.1 Å². The molecule has 0 bridgehead atoms. The maximum Gasteiger partial charge on any atom is 0.355 e. The Morgan fingerprint density at radius 1 is 1.13 bits per heavy atom. The van der Waals surface area contributed by atoms with Gasteiger partial charge in [-0.3, -0.25) is 4.79 Å². The first-order valence-electron chi connectivity index (χ1n) is 7.15. The molecule has 0 spiro atoms. The van der Waals surface area contributed by atoms with Crippen molar-refractivity contribution in [2.24, 2.45) is 0 Å². The van der Waals surface area contributed by atoms with E-state index in [-0.39, 0.29) is 19.0 Å². The van der Waals surface area contributed by atoms with Gasteiger partial charge in [0, 0.05) is 16.3 Å².